The van der Waals surface area contributed by atoms with Crippen molar-refractivity contribution in [2.24, 2.45) is 0 Å². The standard InChI is InChI=1S/C26H22F2N6/c1-16-6-5-9-19(14-16)34-24(29)22-23(20-15-18(27)10-11-21(20)28)31-26(32-25(22)33-34)30-13-12-17-7-3-2-4-8-17/h2-11,14-15H,12-13,29H2,1H3,(H,30,32,33). The minimum absolute atomic E-state index is 0.00555. The first kappa shape index (κ1) is 21.5. The molecular formula is C26H22F2N6. The minimum Gasteiger partial charge on any atom is -0.383 e. The van der Waals surface area contributed by atoms with Crippen LogP contribution in [0.5, 0.6) is 0 Å². The highest BCUT2D eigenvalue weighted by Gasteiger charge is 2.21. The van der Waals surface area contributed by atoms with Gasteiger partial charge in [0.15, 0.2) is 5.65 Å². The van der Waals surface area contributed by atoms with E-state index < -0.39 is 11.6 Å². The fraction of sp³-hybridized carbons (Fsp3) is 0.115. The Morgan fingerprint density at radius 3 is 2.56 bits per heavy atom. The number of nitrogens with two attached hydrogens (primary N) is 1. The lowest BCUT2D eigenvalue weighted by Crippen LogP contribution is -2.09. The van der Waals surface area contributed by atoms with Crippen LogP contribution in [-0.2, 0) is 6.42 Å². The van der Waals surface area contributed by atoms with Crippen LogP contribution in [0.4, 0.5) is 20.5 Å². The van der Waals surface area contributed by atoms with Gasteiger partial charge in [0.1, 0.15) is 17.5 Å². The van der Waals surface area contributed by atoms with Gasteiger partial charge in [-0.25, -0.2) is 18.4 Å². The predicted molar refractivity (Wildman–Crippen MR) is 130 cm³/mol. The molecule has 0 amide bonds. The summed E-state index contributed by atoms with van der Waals surface area (Å²) in [5.41, 5.74) is 9.84. The third-order valence-corrected chi connectivity index (χ3v) is 5.54. The van der Waals surface area contributed by atoms with Crippen LogP contribution in [0.1, 0.15) is 11.1 Å². The van der Waals surface area contributed by atoms with Crippen molar-refractivity contribution in [3.8, 4) is 16.9 Å². The van der Waals surface area contributed by atoms with Crippen molar-refractivity contribution < 1.29 is 8.78 Å². The maximum absolute atomic E-state index is 14.8. The van der Waals surface area contributed by atoms with E-state index in [2.05, 4.69) is 20.4 Å². The van der Waals surface area contributed by atoms with Gasteiger partial charge >= 0.3 is 0 Å². The minimum atomic E-state index is -0.612. The smallest absolute Gasteiger partial charge is 0.225 e. The molecule has 5 aromatic rings. The van der Waals surface area contributed by atoms with E-state index >= 15 is 0 Å². The molecule has 3 aromatic carbocycles. The van der Waals surface area contributed by atoms with Gasteiger partial charge in [-0.05, 0) is 54.8 Å². The van der Waals surface area contributed by atoms with Crippen LogP contribution in [0, 0.1) is 18.6 Å². The molecule has 0 bridgehead atoms. The lowest BCUT2D eigenvalue weighted by atomic mass is 10.1. The van der Waals surface area contributed by atoms with E-state index in [1.165, 1.54) is 0 Å². The summed E-state index contributed by atoms with van der Waals surface area (Å²) in [6.45, 7) is 2.51. The Labute approximate surface area is 195 Å². The summed E-state index contributed by atoms with van der Waals surface area (Å²) in [6, 6.07) is 20.9. The first-order valence-corrected chi connectivity index (χ1v) is 10.9. The van der Waals surface area contributed by atoms with E-state index in [-0.39, 0.29) is 28.7 Å². The Morgan fingerprint density at radius 2 is 1.76 bits per heavy atom. The predicted octanol–water partition coefficient (Wildman–Crippen LogP) is 5.31. The van der Waals surface area contributed by atoms with E-state index in [1.807, 2.05) is 61.5 Å². The topological polar surface area (TPSA) is 81.7 Å². The molecule has 0 aliphatic heterocycles. The van der Waals surface area contributed by atoms with E-state index in [4.69, 9.17) is 5.73 Å². The first-order valence-electron chi connectivity index (χ1n) is 10.9. The molecule has 3 N–H and O–H groups in total. The van der Waals surface area contributed by atoms with Crippen LogP contribution in [0.2, 0.25) is 0 Å². The Morgan fingerprint density at radius 1 is 0.941 bits per heavy atom. The van der Waals surface area contributed by atoms with Crippen LogP contribution in [0.15, 0.2) is 72.8 Å². The molecule has 0 radical (unpaired) electrons. The van der Waals surface area contributed by atoms with Gasteiger partial charge in [-0.2, -0.15) is 4.98 Å². The number of benzene rings is 3. The summed E-state index contributed by atoms with van der Waals surface area (Å²) in [6.07, 6.45) is 0.742. The van der Waals surface area contributed by atoms with Gasteiger partial charge in [-0.1, -0.05) is 42.5 Å². The molecule has 0 saturated heterocycles. The lowest BCUT2D eigenvalue weighted by molar-refractivity contribution is 0.603. The third kappa shape index (κ3) is 4.17. The Kier molecular flexibility index (Phi) is 5.63. The SMILES string of the molecule is Cc1cccc(-n2nc3nc(NCCc4ccccc4)nc(-c4cc(F)ccc4F)c3c2N)c1. The summed E-state index contributed by atoms with van der Waals surface area (Å²) in [7, 11) is 0. The lowest BCUT2D eigenvalue weighted by Gasteiger charge is -2.10. The molecule has 0 aliphatic carbocycles. The molecule has 0 atom stereocenters. The summed E-state index contributed by atoms with van der Waals surface area (Å²) in [4.78, 5) is 9.05. The number of hydrogen-bond donors (Lipinski definition) is 2. The van der Waals surface area contributed by atoms with Gasteiger partial charge in [0.05, 0.1) is 16.8 Å². The van der Waals surface area contributed by atoms with Crippen LogP contribution in [0.3, 0.4) is 0 Å². The fourth-order valence-corrected chi connectivity index (χ4v) is 3.88. The molecule has 2 heterocycles. The molecule has 0 saturated carbocycles. The average molecular weight is 457 g/mol. The maximum atomic E-state index is 14.8. The zero-order valence-corrected chi connectivity index (χ0v) is 18.5. The van der Waals surface area contributed by atoms with E-state index in [0.29, 0.717) is 11.9 Å². The van der Waals surface area contributed by atoms with Crippen LogP contribution < -0.4 is 11.1 Å². The monoisotopic (exact) mass is 456 g/mol. The molecule has 0 fully saturated rings. The number of hydrogen-bond acceptors (Lipinski definition) is 5. The number of halogens is 2. The Bertz CT molecular complexity index is 1480. The molecule has 5 rings (SSSR count). The first-order chi connectivity index (χ1) is 16.5. The second-order valence-corrected chi connectivity index (χ2v) is 8.02. The fourth-order valence-electron chi connectivity index (χ4n) is 3.88. The highest BCUT2D eigenvalue weighted by Crippen LogP contribution is 2.34. The number of aromatic nitrogens is 4. The van der Waals surface area contributed by atoms with Gasteiger partial charge in [0, 0.05) is 12.1 Å². The van der Waals surface area contributed by atoms with Gasteiger partial charge in [-0.15, -0.1) is 5.10 Å². The highest BCUT2D eigenvalue weighted by molar-refractivity contribution is 5.99. The zero-order valence-electron chi connectivity index (χ0n) is 18.5. The third-order valence-electron chi connectivity index (χ3n) is 5.54. The van der Waals surface area contributed by atoms with E-state index in [9.17, 15) is 8.78 Å². The molecule has 2 aromatic heterocycles. The summed E-state index contributed by atoms with van der Waals surface area (Å²) >= 11 is 0. The number of nitrogens with zero attached hydrogens (tertiary/aromatic N) is 4. The zero-order chi connectivity index (χ0) is 23.7. The largest absolute Gasteiger partial charge is 0.383 e. The van der Waals surface area contributed by atoms with Crippen molar-refractivity contribution in [2.45, 2.75) is 13.3 Å². The van der Waals surface area contributed by atoms with Crippen LogP contribution in [0.25, 0.3) is 28.0 Å². The van der Waals surface area contributed by atoms with Crippen molar-refractivity contribution >= 4 is 22.8 Å². The molecule has 170 valence electrons. The number of anilines is 2. The van der Waals surface area contributed by atoms with Gasteiger partial charge in [-0.3, -0.25) is 0 Å². The second-order valence-electron chi connectivity index (χ2n) is 8.02. The summed E-state index contributed by atoms with van der Waals surface area (Å²) < 4.78 is 30.4. The molecule has 0 spiro atoms. The molecule has 6 nitrogen and oxygen atoms in total. The van der Waals surface area contributed by atoms with Crippen molar-refractivity contribution in [2.75, 3.05) is 17.6 Å². The van der Waals surface area contributed by atoms with E-state index in [0.717, 1.165) is 41.4 Å². The number of aryl methyl sites for hydroxylation is 1. The van der Waals surface area contributed by atoms with Gasteiger partial charge in [0.2, 0.25) is 5.95 Å². The summed E-state index contributed by atoms with van der Waals surface area (Å²) in [5, 5.41) is 8.11. The molecular weight excluding hydrogens is 434 g/mol. The van der Waals surface area contributed by atoms with Crippen molar-refractivity contribution in [3.05, 3.63) is 95.6 Å². The van der Waals surface area contributed by atoms with Crippen molar-refractivity contribution in [1.82, 2.24) is 19.7 Å². The average Bonchev–Trinajstić information content (AvgIpc) is 3.17. The Balaban J connectivity index is 1.62. The summed E-state index contributed by atoms with van der Waals surface area (Å²) in [5.74, 6) is -0.684. The van der Waals surface area contributed by atoms with Gasteiger partial charge in [0.25, 0.3) is 0 Å². The van der Waals surface area contributed by atoms with Gasteiger partial charge < -0.3 is 11.1 Å². The molecule has 8 heteroatoms. The number of rotatable bonds is 6. The number of nitrogens with one attached hydrogen (secondary N) is 1. The maximum Gasteiger partial charge on any atom is 0.225 e. The molecule has 0 unspecified atom stereocenters. The highest BCUT2D eigenvalue weighted by atomic mass is 19.1. The Hall–Kier alpha value is -4.33. The second kappa shape index (κ2) is 8.90. The van der Waals surface area contributed by atoms with Crippen LogP contribution >= 0.6 is 0 Å². The quantitative estimate of drug-likeness (QED) is 0.362. The van der Waals surface area contributed by atoms with Crippen molar-refractivity contribution in [3.63, 3.8) is 0 Å². The van der Waals surface area contributed by atoms with Crippen molar-refractivity contribution in [1.29, 1.82) is 0 Å². The number of fused-ring (bicyclic) bond motifs is 1. The van der Waals surface area contributed by atoms with E-state index in [1.54, 1.807) is 4.68 Å². The van der Waals surface area contributed by atoms with Crippen LogP contribution in [-0.4, -0.2) is 26.3 Å². The molecule has 34 heavy (non-hydrogen) atoms. The molecule has 0 aliphatic rings. The number of nitrogen functional groups attached to an aromatic ring is 1. The normalized spacial score (nSPS) is 11.1.